The molecule has 0 radical (unpaired) electrons. The van der Waals surface area contributed by atoms with Crippen molar-refractivity contribution in [2.45, 2.75) is 13.0 Å². The summed E-state index contributed by atoms with van der Waals surface area (Å²) in [7, 11) is 0. The van der Waals surface area contributed by atoms with E-state index >= 15 is 0 Å². The maximum atomic E-state index is 13.4. The SMILES string of the molecule is CC(Nc1nc(N)nc(N)c1C#N)c1nc2cccc(Cl)c2c(=O)n1-c1cnc(N)cn1. The molecule has 32 heavy (non-hydrogen) atoms. The van der Waals surface area contributed by atoms with E-state index in [0.29, 0.717) is 5.52 Å². The number of fused-ring (bicyclic) bond motifs is 1. The van der Waals surface area contributed by atoms with E-state index in [9.17, 15) is 10.1 Å². The van der Waals surface area contributed by atoms with Crippen molar-refractivity contribution in [1.29, 1.82) is 5.26 Å². The quantitative estimate of drug-likeness (QED) is 0.350. The highest BCUT2D eigenvalue weighted by Crippen LogP contribution is 2.26. The molecule has 0 bridgehead atoms. The molecule has 13 heteroatoms. The molecule has 0 aliphatic carbocycles. The van der Waals surface area contributed by atoms with E-state index in [-0.39, 0.29) is 51.0 Å². The average molecular weight is 450 g/mol. The predicted molar refractivity (Wildman–Crippen MR) is 120 cm³/mol. The highest BCUT2D eigenvalue weighted by molar-refractivity contribution is 6.35. The largest absolute Gasteiger partial charge is 0.382 e. The second-order valence-electron chi connectivity index (χ2n) is 6.71. The molecule has 0 fully saturated rings. The fourth-order valence-corrected chi connectivity index (χ4v) is 3.40. The van der Waals surface area contributed by atoms with E-state index in [1.165, 1.54) is 17.0 Å². The summed E-state index contributed by atoms with van der Waals surface area (Å²) in [5.74, 6) is 0.533. The zero-order valence-electron chi connectivity index (χ0n) is 16.6. The molecule has 1 unspecified atom stereocenters. The van der Waals surface area contributed by atoms with Crippen LogP contribution in [0.2, 0.25) is 5.02 Å². The van der Waals surface area contributed by atoms with Crippen molar-refractivity contribution in [3.05, 3.63) is 57.4 Å². The Hall–Kier alpha value is -4.50. The molecule has 0 aliphatic rings. The van der Waals surface area contributed by atoms with Gasteiger partial charge >= 0.3 is 0 Å². The summed E-state index contributed by atoms with van der Waals surface area (Å²) >= 11 is 6.28. The molecule has 12 nitrogen and oxygen atoms in total. The van der Waals surface area contributed by atoms with Crippen molar-refractivity contribution in [3.63, 3.8) is 0 Å². The molecule has 7 N–H and O–H groups in total. The van der Waals surface area contributed by atoms with Crippen LogP contribution in [0.4, 0.5) is 23.4 Å². The minimum atomic E-state index is -0.661. The Morgan fingerprint density at radius 3 is 2.62 bits per heavy atom. The van der Waals surface area contributed by atoms with Gasteiger partial charge in [0.2, 0.25) is 5.95 Å². The molecule has 3 aromatic heterocycles. The van der Waals surface area contributed by atoms with Crippen molar-refractivity contribution in [2.24, 2.45) is 0 Å². The van der Waals surface area contributed by atoms with Gasteiger partial charge in [0.05, 0.1) is 34.4 Å². The lowest BCUT2D eigenvalue weighted by Crippen LogP contribution is -2.28. The Kier molecular flexibility index (Phi) is 5.17. The monoisotopic (exact) mass is 449 g/mol. The average Bonchev–Trinajstić information content (AvgIpc) is 2.74. The number of hydrogen-bond acceptors (Lipinski definition) is 11. The molecule has 0 spiro atoms. The van der Waals surface area contributed by atoms with Crippen LogP contribution in [0.5, 0.6) is 0 Å². The van der Waals surface area contributed by atoms with E-state index in [4.69, 9.17) is 28.8 Å². The highest BCUT2D eigenvalue weighted by Gasteiger charge is 2.22. The van der Waals surface area contributed by atoms with Gasteiger partial charge in [0, 0.05) is 0 Å². The smallest absolute Gasteiger partial charge is 0.268 e. The highest BCUT2D eigenvalue weighted by atomic mass is 35.5. The van der Waals surface area contributed by atoms with E-state index in [2.05, 4.69) is 30.2 Å². The molecule has 0 aliphatic heterocycles. The lowest BCUT2D eigenvalue weighted by atomic mass is 10.2. The Morgan fingerprint density at radius 1 is 1.16 bits per heavy atom. The molecular weight excluding hydrogens is 434 g/mol. The summed E-state index contributed by atoms with van der Waals surface area (Å²) in [6.45, 7) is 1.72. The first-order valence-electron chi connectivity index (χ1n) is 9.18. The van der Waals surface area contributed by atoms with Gasteiger partial charge in [0.15, 0.2) is 11.6 Å². The lowest BCUT2D eigenvalue weighted by molar-refractivity contribution is 0.719. The molecule has 160 valence electrons. The van der Waals surface area contributed by atoms with Crippen LogP contribution in [0.25, 0.3) is 16.7 Å². The van der Waals surface area contributed by atoms with Gasteiger partial charge in [-0.1, -0.05) is 17.7 Å². The van der Waals surface area contributed by atoms with Gasteiger partial charge in [-0.25, -0.2) is 19.5 Å². The molecule has 4 aromatic rings. The van der Waals surface area contributed by atoms with Gasteiger partial charge in [-0.15, -0.1) is 0 Å². The van der Waals surface area contributed by atoms with E-state index in [1.807, 2.05) is 6.07 Å². The summed E-state index contributed by atoms with van der Waals surface area (Å²) < 4.78 is 1.26. The number of benzene rings is 1. The number of nitrogens with two attached hydrogens (primary N) is 3. The Bertz CT molecular complexity index is 1440. The minimum absolute atomic E-state index is 0.0102. The molecule has 3 heterocycles. The zero-order valence-corrected chi connectivity index (χ0v) is 17.4. The van der Waals surface area contributed by atoms with Crippen LogP contribution in [0.15, 0.2) is 35.4 Å². The Labute approximate surface area is 185 Å². The van der Waals surface area contributed by atoms with Crippen LogP contribution >= 0.6 is 11.6 Å². The summed E-state index contributed by atoms with van der Waals surface area (Å²) in [6, 6.07) is 6.23. The lowest BCUT2D eigenvalue weighted by Gasteiger charge is -2.20. The molecular formula is C19H16ClN11O. The van der Waals surface area contributed by atoms with Gasteiger partial charge in [0.25, 0.3) is 5.56 Å². The van der Waals surface area contributed by atoms with Gasteiger partial charge in [0.1, 0.15) is 29.1 Å². The third-order valence-corrected chi connectivity index (χ3v) is 4.88. The third kappa shape index (κ3) is 3.57. The van der Waals surface area contributed by atoms with Crippen LogP contribution in [-0.4, -0.2) is 29.5 Å². The number of rotatable bonds is 4. The Balaban J connectivity index is 1.94. The second kappa shape index (κ2) is 7.97. The van der Waals surface area contributed by atoms with Crippen LogP contribution in [-0.2, 0) is 0 Å². The van der Waals surface area contributed by atoms with Crippen molar-refractivity contribution in [3.8, 4) is 11.9 Å². The minimum Gasteiger partial charge on any atom is -0.382 e. The number of nitrogens with zero attached hydrogens (tertiary/aromatic N) is 7. The van der Waals surface area contributed by atoms with Gasteiger partial charge in [-0.05, 0) is 19.1 Å². The normalized spacial score (nSPS) is 11.8. The van der Waals surface area contributed by atoms with Gasteiger partial charge in [-0.3, -0.25) is 4.79 Å². The van der Waals surface area contributed by atoms with Crippen LogP contribution < -0.4 is 28.1 Å². The number of nitrogens with one attached hydrogen (secondary N) is 1. The van der Waals surface area contributed by atoms with Crippen LogP contribution in [0.1, 0.15) is 24.4 Å². The molecule has 4 rings (SSSR count). The van der Waals surface area contributed by atoms with E-state index in [0.717, 1.165) is 0 Å². The van der Waals surface area contributed by atoms with Gasteiger partial charge < -0.3 is 22.5 Å². The number of anilines is 4. The fourth-order valence-electron chi connectivity index (χ4n) is 3.15. The first-order chi connectivity index (χ1) is 15.3. The van der Waals surface area contributed by atoms with E-state index < -0.39 is 11.6 Å². The number of nitriles is 1. The number of aromatic nitrogens is 6. The first-order valence-corrected chi connectivity index (χ1v) is 9.56. The van der Waals surface area contributed by atoms with Crippen LogP contribution in [0, 0.1) is 11.3 Å². The topological polar surface area (TPSA) is 200 Å². The summed E-state index contributed by atoms with van der Waals surface area (Å²) in [4.78, 5) is 34.1. The summed E-state index contributed by atoms with van der Waals surface area (Å²) in [5.41, 5.74) is 17.0. The van der Waals surface area contributed by atoms with Crippen LogP contribution in [0.3, 0.4) is 0 Å². The van der Waals surface area contributed by atoms with Crippen molar-refractivity contribution in [2.75, 3.05) is 22.5 Å². The maximum Gasteiger partial charge on any atom is 0.268 e. The Morgan fingerprint density at radius 2 is 1.94 bits per heavy atom. The maximum absolute atomic E-state index is 13.4. The fraction of sp³-hybridized carbons (Fsp3) is 0.105. The van der Waals surface area contributed by atoms with Crippen molar-refractivity contribution >= 4 is 45.9 Å². The second-order valence-corrected chi connectivity index (χ2v) is 7.12. The molecule has 0 saturated heterocycles. The zero-order chi connectivity index (χ0) is 23.0. The number of hydrogen-bond donors (Lipinski definition) is 4. The molecule has 1 atom stereocenters. The third-order valence-electron chi connectivity index (χ3n) is 4.57. The molecule has 1 aromatic carbocycles. The predicted octanol–water partition coefficient (Wildman–Crippen LogP) is 1.41. The van der Waals surface area contributed by atoms with Crippen molar-refractivity contribution < 1.29 is 0 Å². The number of halogens is 1. The molecule has 0 amide bonds. The molecule has 0 saturated carbocycles. The number of nitrogen functional groups attached to an aromatic ring is 3. The summed E-state index contributed by atoms with van der Waals surface area (Å²) in [6.07, 6.45) is 2.67. The van der Waals surface area contributed by atoms with Crippen molar-refractivity contribution in [1.82, 2.24) is 29.5 Å². The first kappa shape index (κ1) is 20.8. The summed E-state index contributed by atoms with van der Waals surface area (Å²) in [5, 5.41) is 12.9. The van der Waals surface area contributed by atoms with E-state index in [1.54, 1.807) is 25.1 Å². The van der Waals surface area contributed by atoms with Gasteiger partial charge in [-0.2, -0.15) is 15.2 Å². The standard InChI is InChI=1S/C19H16ClN11O/c1-8(27-16-9(5-21)15(23)29-19(24)30-16)17-28-11-4-2-3-10(20)14(11)18(32)31(17)13-7-25-12(22)6-26-13/h2-4,6-8H,1H3,(H2,22,25)(H5,23,24,27,29,30).